The van der Waals surface area contributed by atoms with Crippen molar-refractivity contribution in [3.05, 3.63) is 92.6 Å². The van der Waals surface area contributed by atoms with E-state index >= 15 is 0 Å². The molecule has 1 aliphatic heterocycles. The topological polar surface area (TPSA) is 97.6 Å². The molecule has 0 unspecified atom stereocenters. The van der Waals surface area contributed by atoms with Crippen LogP contribution < -0.4 is 15.1 Å². The Morgan fingerprint density at radius 1 is 1.14 bits per heavy atom. The van der Waals surface area contributed by atoms with E-state index < -0.39 is 11.4 Å². The molecule has 1 aromatic carbocycles. The lowest BCUT2D eigenvalue weighted by atomic mass is 10.1. The van der Waals surface area contributed by atoms with E-state index in [9.17, 15) is 14.7 Å². The molecule has 3 aromatic heterocycles. The zero-order valence-electron chi connectivity index (χ0n) is 19.1. The van der Waals surface area contributed by atoms with Crippen LogP contribution >= 0.6 is 23.2 Å². The van der Waals surface area contributed by atoms with Gasteiger partial charge in [0.25, 0.3) is 0 Å². The second-order valence-corrected chi connectivity index (χ2v) is 9.39. The number of aromatic nitrogens is 3. The molecular formula is C26H22Cl2N4O4. The molecule has 10 heteroatoms. The number of anilines is 1. The first-order valence-corrected chi connectivity index (χ1v) is 12.2. The first-order valence-electron chi connectivity index (χ1n) is 11.4. The molecule has 0 bridgehead atoms. The maximum absolute atomic E-state index is 13.0. The summed E-state index contributed by atoms with van der Waals surface area (Å²) in [6.07, 6.45) is 8.19. The Bertz CT molecular complexity index is 1490. The minimum atomic E-state index is -1.28. The second kappa shape index (κ2) is 10.2. The number of hydrogen-bond acceptors (Lipinski definition) is 6. The van der Waals surface area contributed by atoms with Gasteiger partial charge in [-0.2, -0.15) is 0 Å². The van der Waals surface area contributed by atoms with E-state index in [0.717, 1.165) is 30.6 Å². The summed E-state index contributed by atoms with van der Waals surface area (Å²) in [6.45, 7) is 1.50. The number of rotatable bonds is 7. The van der Waals surface area contributed by atoms with Gasteiger partial charge in [0.15, 0.2) is 0 Å². The zero-order chi connectivity index (χ0) is 25.2. The van der Waals surface area contributed by atoms with Gasteiger partial charge < -0.3 is 19.3 Å². The van der Waals surface area contributed by atoms with Gasteiger partial charge in [-0.15, -0.1) is 0 Å². The van der Waals surface area contributed by atoms with Crippen LogP contribution in [0.4, 0.5) is 5.69 Å². The SMILES string of the molecule is O=C(O)c1cn(Cc2ccncc2)c2cc(N3CCC[C@@H]3COc3ncccc3Cl)c(Cl)cc2c1=O. The Balaban J connectivity index is 1.54. The van der Waals surface area contributed by atoms with Crippen LogP contribution in [0.2, 0.25) is 10.0 Å². The monoisotopic (exact) mass is 524 g/mol. The number of carbonyl (C=O) groups is 1. The van der Waals surface area contributed by atoms with Crippen molar-refractivity contribution < 1.29 is 14.6 Å². The van der Waals surface area contributed by atoms with E-state index in [1.54, 1.807) is 41.4 Å². The molecule has 4 heterocycles. The number of nitrogens with zero attached hydrogens (tertiary/aromatic N) is 4. The molecule has 1 atom stereocenters. The molecule has 4 aromatic rings. The molecule has 1 N–H and O–H groups in total. The Morgan fingerprint density at radius 3 is 2.69 bits per heavy atom. The van der Waals surface area contributed by atoms with Crippen LogP contribution in [0.15, 0.2) is 66.0 Å². The third-order valence-electron chi connectivity index (χ3n) is 6.31. The number of fused-ring (bicyclic) bond motifs is 1. The molecule has 0 saturated carbocycles. The smallest absolute Gasteiger partial charge is 0.341 e. The minimum absolute atomic E-state index is 0.0247. The third kappa shape index (κ3) is 4.74. The maximum Gasteiger partial charge on any atom is 0.341 e. The van der Waals surface area contributed by atoms with E-state index in [-0.39, 0.29) is 17.0 Å². The van der Waals surface area contributed by atoms with Gasteiger partial charge in [0.2, 0.25) is 11.3 Å². The zero-order valence-corrected chi connectivity index (χ0v) is 20.6. The summed E-state index contributed by atoms with van der Waals surface area (Å²) >= 11 is 12.9. The molecule has 0 radical (unpaired) electrons. The number of halogens is 2. The van der Waals surface area contributed by atoms with E-state index in [1.165, 1.54) is 6.20 Å². The summed E-state index contributed by atoms with van der Waals surface area (Å²) in [5.74, 6) is -0.904. The molecule has 0 amide bonds. The summed E-state index contributed by atoms with van der Waals surface area (Å²) in [5, 5.41) is 10.7. The second-order valence-electron chi connectivity index (χ2n) is 8.57. The van der Waals surface area contributed by atoms with Crippen molar-refractivity contribution in [2.24, 2.45) is 0 Å². The molecule has 1 saturated heterocycles. The van der Waals surface area contributed by atoms with Gasteiger partial charge in [-0.05, 0) is 54.8 Å². The third-order valence-corrected chi connectivity index (χ3v) is 6.90. The van der Waals surface area contributed by atoms with E-state index in [0.29, 0.717) is 34.6 Å². The molecular weight excluding hydrogens is 503 g/mol. The molecule has 0 spiro atoms. The summed E-state index contributed by atoms with van der Waals surface area (Å²) in [6, 6.07) is 10.6. The largest absolute Gasteiger partial charge is 0.477 e. The van der Waals surface area contributed by atoms with E-state index in [2.05, 4.69) is 14.9 Å². The number of aromatic carboxylic acids is 1. The van der Waals surface area contributed by atoms with Crippen molar-refractivity contribution in [1.29, 1.82) is 0 Å². The van der Waals surface area contributed by atoms with Crippen molar-refractivity contribution in [2.75, 3.05) is 18.1 Å². The summed E-state index contributed by atoms with van der Waals surface area (Å²) in [5.41, 5.74) is 1.40. The van der Waals surface area contributed by atoms with Gasteiger partial charge in [-0.3, -0.25) is 9.78 Å². The highest BCUT2D eigenvalue weighted by Gasteiger charge is 2.28. The molecule has 8 nitrogen and oxygen atoms in total. The van der Waals surface area contributed by atoms with Gasteiger partial charge in [-0.1, -0.05) is 23.2 Å². The van der Waals surface area contributed by atoms with Crippen LogP contribution in [0, 0.1) is 0 Å². The van der Waals surface area contributed by atoms with Crippen molar-refractivity contribution >= 4 is 45.8 Å². The van der Waals surface area contributed by atoms with Crippen LogP contribution in [0.1, 0.15) is 28.8 Å². The summed E-state index contributed by atoms with van der Waals surface area (Å²) < 4.78 is 7.68. The quantitative estimate of drug-likeness (QED) is 0.367. The van der Waals surface area contributed by atoms with Gasteiger partial charge in [0, 0.05) is 43.3 Å². The molecule has 1 aliphatic rings. The lowest BCUT2D eigenvalue weighted by molar-refractivity contribution is 0.0695. The predicted molar refractivity (Wildman–Crippen MR) is 139 cm³/mol. The Hall–Kier alpha value is -3.62. The molecule has 5 rings (SSSR count). The lowest BCUT2D eigenvalue weighted by Crippen LogP contribution is -2.34. The molecule has 184 valence electrons. The van der Waals surface area contributed by atoms with Gasteiger partial charge in [0.05, 0.1) is 22.3 Å². The van der Waals surface area contributed by atoms with Gasteiger partial charge in [0.1, 0.15) is 17.2 Å². The minimum Gasteiger partial charge on any atom is -0.477 e. The van der Waals surface area contributed by atoms with Crippen molar-refractivity contribution in [3.8, 4) is 5.88 Å². The Morgan fingerprint density at radius 2 is 1.94 bits per heavy atom. The van der Waals surface area contributed by atoms with Crippen molar-refractivity contribution in [1.82, 2.24) is 14.5 Å². The van der Waals surface area contributed by atoms with E-state index in [4.69, 9.17) is 27.9 Å². The van der Waals surface area contributed by atoms with Crippen LogP contribution in [0.3, 0.4) is 0 Å². The first-order chi connectivity index (χ1) is 17.4. The summed E-state index contributed by atoms with van der Waals surface area (Å²) in [4.78, 5) is 35.2. The fourth-order valence-corrected chi connectivity index (χ4v) is 5.01. The summed E-state index contributed by atoms with van der Waals surface area (Å²) in [7, 11) is 0. The van der Waals surface area contributed by atoms with Crippen LogP contribution in [0.25, 0.3) is 10.9 Å². The molecule has 36 heavy (non-hydrogen) atoms. The lowest BCUT2D eigenvalue weighted by Gasteiger charge is -2.28. The normalized spacial score (nSPS) is 15.4. The number of pyridine rings is 3. The highest BCUT2D eigenvalue weighted by atomic mass is 35.5. The van der Waals surface area contributed by atoms with Gasteiger partial charge in [-0.25, -0.2) is 9.78 Å². The predicted octanol–water partition coefficient (Wildman–Crippen LogP) is 4.89. The molecule has 1 fully saturated rings. The Labute approximate surface area is 216 Å². The average Bonchev–Trinajstić information content (AvgIpc) is 3.34. The first kappa shape index (κ1) is 24.1. The van der Waals surface area contributed by atoms with Gasteiger partial charge >= 0.3 is 5.97 Å². The average molecular weight is 525 g/mol. The fourth-order valence-electron chi connectivity index (χ4n) is 4.57. The number of carboxylic acid groups (broad SMARTS) is 1. The maximum atomic E-state index is 13.0. The fraction of sp³-hybridized carbons (Fsp3) is 0.231. The van der Waals surface area contributed by atoms with Crippen LogP contribution in [-0.4, -0.2) is 44.8 Å². The standard InChI is InChI=1S/C26H22Cl2N4O4/c27-20-4-1-7-30-25(20)36-15-17-3-2-10-32(17)23-12-22-18(11-21(23)28)24(33)19(26(34)35)14-31(22)13-16-5-8-29-9-6-16/h1,4-9,11-12,14,17H,2-3,10,13,15H2,(H,34,35)/t17-/m1/s1. The van der Waals surface area contributed by atoms with Crippen molar-refractivity contribution in [2.45, 2.75) is 25.4 Å². The number of hydrogen-bond donors (Lipinski definition) is 1. The number of carboxylic acids is 1. The van der Waals surface area contributed by atoms with Crippen LogP contribution in [0.5, 0.6) is 5.88 Å². The Kier molecular flexibility index (Phi) is 6.80. The number of ether oxygens (including phenoxy) is 1. The van der Waals surface area contributed by atoms with E-state index in [1.807, 2.05) is 18.2 Å². The highest BCUT2D eigenvalue weighted by molar-refractivity contribution is 6.34. The highest BCUT2D eigenvalue weighted by Crippen LogP contribution is 2.35. The van der Waals surface area contributed by atoms with Crippen LogP contribution in [-0.2, 0) is 6.54 Å². The van der Waals surface area contributed by atoms with Crippen molar-refractivity contribution in [3.63, 3.8) is 0 Å². The number of benzene rings is 1. The molecule has 0 aliphatic carbocycles.